The molecule has 2 aliphatic heterocycles. The maximum atomic E-state index is 13.9. The number of piperidine rings is 1. The quantitative estimate of drug-likeness (QED) is 0.200. The van der Waals surface area contributed by atoms with Gasteiger partial charge in [0, 0.05) is 38.7 Å². The Morgan fingerprint density at radius 1 is 1.11 bits per heavy atom. The average molecular weight is 643 g/mol. The first-order chi connectivity index (χ1) is 21.9. The van der Waals surface area contributed by atoms with Crippen molar-refractivity contribution in [3.05, 3.63) is 47.3 Å². The molecule has 15 heteroatoms. The summed E-state index contributed by atoms with van der Waals surface area (Å²) in [7, 11) is 0. The molecule has 46 heavy (non-hydrogen) atoms. The molecule has 2 aliphatic rings. The number of rotatable bonds is 12. The Morgan fingerprint density at radius 3 is 2.46 bits per heavy atom. The van der Waals surface area contributed by atoms with Crippen LogP contribution in [-0.2, 0) is 22.2 Å². The maximum Gasteiger partial charge on any atom is 0.451 e. The molecular formula is C31H41F3N10O2. The number of carbonyl (C=O) groups is 2. The number of amides is 2. The maximum absolute atomic E-state index is 13.9. The lowest BCUT2D eigenvalue weighted by Gasteiger charge is -2.34. The van der Waals surface area contributed by atoms with Gasteiger partial charge in [-0.1, -0.05) is 12.1 Å². The normalized spacial score (nSPS) is 17.7. The predicted molar refractivity (Wildman–Crippen MR) is 167 cm³/mol. The Bertz CT molecular complexity index is 1420. The number of hydrogen-bond donors (Lipinski definition) is 4. The molecule has 0 aliphatic carbocycles. The van der Waals surface area contributed by atoms with Gasteiger partial charge in [0.1, 0.15) is 23.8 Å². The molecule has 248 valence electrons. The highest BCUT2D eigenvalue weighted by molar-refractivity contribution is 5.85. The van der Waals surface area contributed by atoms with Crippen LogP contribution in [0.4, 0.5) is 24.8 Å². The molecule has 0 radical (unpaired) electrons. The highest BCUT2D eigenvalue weighted by Gasteiger charge is 2.39. The van der Waals surface area contributed by atoms with Crippen LogP contribution >= 0.6 is 0 Å². The first kappa shape index (κ1) is 34.3. The SMILES string of the molecule is CC(N=C(N)N)NC(=O)CCCC1CCN(c2cc(N3CCC[C@H]3C(=O)NCCc3ccc(C#N)cc3)nc(C(F)(F)F)n2)CC1. The number of aliphatic imine (C=N–C) groups is 1. The number of hydrogen-bond acceptors (Lipinski definition) is 8. The number of alkyl halides is 3. The van der Waals surface area contributed by atoms with Gasteiger partial charge in [-0.25, -0.2) is 15.0 Å². The van der Waals surface area contributed by atoms with E-state index in [-0.39, 0.29) is 29.4 Å². The molecule has 2 fully saturated rings. The summed E-state index contributed by atoms with van der Waals surface area (Å²) in [6.07, 6.45) is -0.238. The summed E-state index contributed by atoms with van der Waals surface area (Å²) in [4.78, 5) is 40.4. The summed E-state index contributed by atoms with van der Waals surface area (Å²) < 4.78 is 41.8. The van der Waals surface area contributed by atoms with Crippen LogP contribution in [-0.4, -0.2) is 66.1 Å². The van der Waals surface area contributed by atoms with E-state index in [1.807, 2.05) is 17.0 Å². The largest absolute Gasteiger partial charge is 0.451 e. The molecule has 2 saturated heterocycles. The molecule has 0 spiro atoms. The zero-order valence-electron chi connectivity index (χ0n) is 25.9. The number of carbonyl (C=O) groups excluding carboxylic acids is 2. The lowest BCUT2D eigenvalue weighted by Crippen LogP contribution is -2.44. The second-order valence-corrected chi connectivity index (χ2v) is 11.7. The number of nitrogens with one attached hydrogen (secondary N) is 2. The Morgan fingerprint density at radius 2 is 1.80 bits per heavy atom. The fourth-order valence-corrected chi connectivity index (χ4v) is 5.93. The van der Waals surface area contributed by atoms with E-state index < -0.39 is 24.2 Å². The zero-order valence-corrected chi connectivity index (χ0v) is 25.9. The first-order valence-corrected chi connectivity index (χ1v) is 15.6. The average Bonchev–Trinajstić information content (AvgIpc) is 3.51. The van der Waals surface area contributed by atoms with Crippen molar-refractivity contribution in [1.29, 1.82) is 5.26 Å². The van der Waals surface area contributed by atoms with Gasteiger partial charge < -0.3 is 31.9 Å². The van der Waals surface area contributed by atoms with Gasteiger partial charge in [0.2, 0.25) is 17.6 Å². The van der Waals surface area contributed by atoms with Crippen molar-refractivity contribution >= 4 is 29.4 Å². The summed E-state index contributed by atoms with van der Waals surface area (Å²) in [5, 5.41) is 14.6. The summed E-state index contributed by atoms with van der Waals surface area (Å²) in [6, 6.07) is 10.1. The highest BCUT2D eigenvalue weighted by Crippen LogP contribution is 2.34. The van der Waals surface area contributed by atoms with Crippen LogP contribution in [0.25, 0.3) is 0 Å². The van der Waals surface area contributed by atoms with E-state index in [2.05, 4.69) is 31.7 Å². The molecule has 1 aromatic carbocycles. The van der Waals surface area contributed by atoms with Crippen molar-refractivity contribution in [3.8, 4) is 6.07 Å². The number of benzene rings is 1. The van der Waals surface area contributed by atoms with E-state index in [1.54, 1.807) is 30.0 Å². The number of halogens is 3. The molecule has 2 aromatic rings. The molecular weight excluding hydrogens is 601 g/mol. The predicted octanol–water partition coefficient (Wildman–Crippen LogP) is 2.82. The Labute approximate surface area is 266 Å². The Kier molecular flexibility index (Phi) is 11.6. The summed E-state index contributed by atoms with van der Waals surface area (Å²) in [5.41, 5.74) is 12.2. The van der Waals surface area contributed by atoms with E-state index in [4.69, 9.17) is 16.7 Å². The molecule has 12 nitrogen and oxygen atoms in total. The van der Waals surface area contributed by atoms with Crippen molar-refractivity contribution < 1.29 is 22.8 Å². The fraction of sp³-hybridized carbons (Fsp3) is 0.548. The van der Waals surface area contributed by atoms with E-state index in [0.29, 0.717) is 69.8 Å². The second kappa shape index (κ2) is 15.6. The number of aromatic nitrogens is 2. The van der Waals surface area contributed by atoms with Crippen molar-refractivity contribution in [1.82, 2.24) is 20.6 Å². The van der Waals surface area contributed by atoms with E-state index in [9.17, 15) is 22.8 Å². The fourth-order valence-electron chi connectivity index (χ4n) is 5.93. The van der Waals surface area contributed by atoms with Gasteiger partial charge in [-0.3, -0.25) is 9.59 Å². The van der Waals surface area contributed by atoms with Gasteiger partial charge in [0.15, 0.2) is 5.96 Å². The number of nitrogens with two attached hydrogens (primary N) is 2. The van der Waals surface area contributed by atoms with Crippen molar-refractivity contribution in [2.75, 3.05) is 36.0 Å². The molecule has 6 N–H and O–H groups in total. The number of guanidine groups is 1. The van der Waals surface area contributed by atoms with Crippen molar-refractivity contribution in [2.24, 2.45) is 22.4 Å². The van der Waals surface area contributed by atoms with Crippen LogP contribution in [0.2, 0.25) is 0 Å². The first-order valence-electron chi connectivity index (χ1n) is 15.6. The minimum atomic E-state index is -4.75. The third-order valence-corrected chi connectivity index (χ3v) is 8.27. The van der Waals surface area contributed by atoms with Gasteiger partial charge in [0.05, 0.1) is 11.6 Å². The van der Waals surface area contributed by atoms with Crippen LogP contribution in [0, 0.1) is 17.2 Å². The standard InChI is InChI=1S/C31H41F3N10O2/c1-20(40-30(36)37)39-27(45)6-2-4-21-12-16-43(17-13-21)25-18-26(42-29(41-25)31(32,33)34)44-15-3-5-24(44)28(46)38-14-11-22-7-9-23(19-35)10-8-22/h7-10,18,20-21,24H,2-6,11-17H2,1H3,(H,38,46)(H,39,45)(H4,36,37,40)/t20?,24-/m0/s1. The van der Waals surface area contributed by atoms with Crippen LogP contribution in [0.1, 0.15) is 68.8 Å². The lowest BCUT2D eigenvalue weighted by molar-refractivity contribution is -0.144. The van der Waals surface area contributed by atoms with Gasteiger partial charge in [-0.05, 0) is 75.5 Å². The molecule has 0 bridgehead atoms. The monoisotopic (exact) mass is 642 g/mol. The molecule has 0 saturated carbocycles. The third-order valence-electron chi connectivity index (χ3n) is 8.27. The summed E-state index contributed by atoms with van der Waals surface area (Å²) in [5.74, 6) is -1.13. The minimum Gasteiger partial charge on any atom is -0.370 e. The van der Waals surface area contributed by atoms with Gasteiger partial charge in [0.25, 0.3) is 0 Å². The molecule has 1 aromatic heterocycles. The van der Waals surface area contributed by atoms with Crippen LogP contribution in [0.5, 0.6) is 0 Å². The minimum absolute atomic E-state index is 0.0881. The molecule has 3 heterocycles. The summed E-state index contributed by atoms with van der Waals surface area (Å²) in [6.45, 7) is 3.48. The zero-order chi connectivity index (χ0) is 33.3. The molecule has 1 unspecified atom stereocenters. The van der Waals surface area contributed by atoms with Crippen molar-refractivity contribution in [3.63, 3.8) is 0 Å². The van der Waals surface area contributed by atoms with Gasteiger partial charge in [-0.2, -0.15) is 18.4 Å². The highest BCUT2D eigenvalue weighted by atomic mass is 19.4. The van der Waals surface area contributed by atoms with E-state index in [1.165, 1.54) is 0 Å². The number of nitriles is 1. The summed E-state index contributed by atoms with van der Waals surface area (Å²) >= 11 is 0. The molecule has 2 amide bonds. The smallest absolute Gasteiger partial charge is 0.370 e. The number of anilines is 2. The van der Waals surface area contributed by atoms with Gasteiger partial charge in [-0.15, -0.1) is 0 Å². The lowest BCUT2D eigenvalue weighted by atomic mass is 9.91. The van der Waals surface area contributed by atoms with E-state index >= 15 is 0 Å². The van der Waals surface area contributed by atoms with Gasteiger partial charge >= 0.3 is 6.18 Å². The van der Waals surface area contributed by atoms with Crippen LogP contribution < -0.4 is 31.9 Å². The second-order valence-electron chi connectivity index (χ2n) is 11.7. The third kappa shape index (κ3) is 9.69. The van der Waals surface area contributed by atoms with Crippen LogP contribution in [0.15, 0.2) is 35.3 Å². The molecule has 4 rings (SSSR count). The Hall–Kier alpha value is -4.61. The Balaban J connectivity index is 1.34. The molecule has 2 atom stereocenters. The topological polar surface area (TPSA) is 179 Å². The van der Waals surface area contributed by atoms with E-state index in [0.717, 1.165) is 24.8 Å². The van der Waals surface area contributed by atoms with Crippen molar-refractivity contribution in [2.45, 2.75) is 76.7 Å². The number of nitrogens with zero attached hydrogens (tertiary/aromatic N) is 6. The van der Waals surface area contributed by atoms with Crippen LogP contribution in [0.3, 0.4) is 0 Å².